The SMILES string of the molecule is OC=CC1CCCC(O)C1. The Bertz CT molecular complexity index is 120. The molecule has 2 N–H and O–H groups in total. The molecular formula is C8H14O2. The Hall–Kier alpha value is -0.500. The zero-order valence-electron chi connectivity index (χ0n) is 6.03. The highest BCUT2D eigenvalue weighted by molar-refractivity contribution is 4.86. The van der Waals surface area contributed by atoms with Gasteiger partial charge in [-0.15, -0.1) is 0 Å². The minimum Gasteiger partial charge on any atom is -0.516 e. The Morgan fingerprint density at radius 1 is 1.30 bits per heavy atom. The molecule has 1 aliphatic carbocycles. The molecule has 0 bridgehead atoms. The first kappa shape index (κ1) is 7.61. The Morgan fingerprint density at radius 3 is 2.70 bits per heavy atom. The molecule has 2 unspecified atom stereocenters. The summed E-state index contributed by atoms with van der Waals surface area (Å²) in [6.45, 7) is 0. The first-order valence-electron chi connectivity index (χ1n) is 3.82. The predicted octanol–water partition coefficient (Wildman–Crippen LogP) is 1.61. The lowest BCUT2D eigenvalue weighted by atomic mass is 9.87. The van der Waals surface area contributed by atoms with E-state index in [1.54, 1.807) is 6.08 Å². The largest absolute Gasteiger partial charge is 0.516 e. The first-order chi connectivity index (χ1) is 4.83. The molecule has 2 heteroatoms. The van der Waals surface area contributed by atoms with Gasteiger partial charge in [-0.05, 0) is 31.3 Å². The van der Waals surface area contributed by atoms with E-state index >= 15 is 0 Å². The normalized spacial score (nSPS) is 34.9. The molecule has 0 heterocycles. The summed E-state index contributed by atoms with van der Waals surface area (Å²) in [5.74, 6) is 0.397. The van der Waals surface area contributed by atoms with Crippen LogP contribution >= 0.6 is 0 Å². The molecule has 0 aromatic heterocycles. The number of hydrogen-bond donors (Lipinski definition) is 2. The second-order valence-corrected chi connectivity index (χ2v) is 2.92. The summed E-state index contributed by atoms with van der Waals surface area (Å²) in [5.41, 5.74) is 0. The quantitative estimate of drug-likeness (QED) is 0.546. The summed E-state index contributed by atoms with van der Waals surface area (Å²) in [6.07, 6.45) is 6.64. The standard InChI is InChI=1S/C8H14O2/c9-5-4-7-2-1-3-8(10)6-7/h4-5,7-10H,1-3,6H2. The van der Waals surface area contributed by atoms with Crippen molar-refractivity contribution in [2.75, 3.05) is 0 Å². The molecule has 10 heavy (non-hydrogen) atoms. The number of hydrogen-bond acceptors (Lipinski definition) is 2. The van der Waals surface area contributed by atoms with Gasteiger partial charge in [-0.2, -0.15) is 0 Å². The van der Waals surface area contributed by atoms with E-state index in [4.69, 9.17) is 5.11 Å². The molecular weight excluding hydrogens is 128 g/mol. The molecule has 1 aliphatic rings. The van der Waals surface area contributed by atoms with Gasteiger partial charge in [0.2, 0.25) is 0 Å². The van der Waals surface area contributed by atoms with Gasteiger partial charge in [0.1, 0.15) is 0 Å². The lowest BCUT2D eigenvalue weighted by molar-refractivity contribution is 0.113. The van der Waals surface area contributed by atoms with Crippen molar-refractivity contribution in [1.82, 2.24) is 0 Å². The molecule has 58 valence electrons. The summed E-state index contributed by atoms with van der Waals surface area (Å²) in [4.78, 5) is 0. The lowest BCUT2D eigenvalue weighted by Gasteiger charge is -2.22. The van der Waals surface area contributed by atoms with Crippen LogP contribution in [-0.4, -0.2) is 16.3 Å². The third kappa shape index (κ3) is 2.03. The van der Waals surface area contributed by atoms with Crippen molar-refractivity contribution in [1.29, 1.82) is 0 Å². The fourth-order valence-electron chi connectivity index (χ4n) is 1.50. The molecule has 2 atom stereocenters. The van der Waals surface area contributed by atoms with Crippen molar-refractivity contribution in [2.24, 2.45) is 5.92 Å². The van der Waals surface area contributed by atoms with Gasteiger partial charge in [0.05, 0.1) is 12.4 Å². The van der Waals surface area contributed by atoms with Gasteiger partial charge in [-0.3, -0.25) is 0 Å². The molecule has 2 nitrogen and oxygen atoms in total. The second kappa shape index (κ2) is 3.62. The van der Waals surface area contributed by atoms with Crippen molar-refractivity contribution in [3.05, 3.63) is 12.3 Å². The van der Waals surface area contributed by atoms with Gasteiger partial charge in [-0.25, -0.2) is 0 Å². The smallest absolute Gasteiger partial charge is 0.0754 e. The van der Waals surface area contributed by atoms with Crippen molar-refractivity contribution < 1.29 is 10.2 Å². The van der Waals surface area contributed by atoms with Gasteiger partial charge in [0, 0.05) is 0 Å². The fraction of sp³-hybridized carbons (Fsp3) is 0.750. The van der Waals surface area contributed by atoms with Gasteiger partial charge in [0.15, 0.2) is 0 Å². The number of aliphatic hydroxyl groups excluding tert-OH is 2. The van der Waals surface area contributed by atoms with E-state index in [-0.39, 0.29) is 6.10 Å². The molecule has 1 rings (SSSR count). The van der Waals surface area contributed by atoms with Crippen molar-refractivity contribution in [2.45, 2.75) is 31.8 Å². The third-order valence-corrected chi connectivity index (χ3v) is 2.05. The maximum absolute atomic E-state index is 9.19. The first-order valence-corrected chi connectivity index (χ1v) is 3.82. The van der Waals surface area contributed by atoms with Crippen LogP contribution in [0.1, 0.15) is 25.7 Å². The number of rotatable bonds is 1. The van der Waals surface area contributed by atoms with E-state index in [2.05, 4.69) is 0 Å². The van der Waals surface area contributed by atoms with Crippen LogP contribution in [0.4, 0.5) is 0 Å². The topological polar surface area (TPSA) is 40.5 Å². The van der Waals surface area contributed by atoms with Gasteiger partial charge < -0.3 is 10.2 Å². The predicted molar refractivity (Wildman–Crippen MR) is 39.7 cm³/mol. The second-order valence-electron chi connectivity index (χ2n) is 2.92. The van der Waals surface area contributed by atoms with Crippen molar-refractivity contribution in [3.8, 4) is 0 Å². The Morgan fingerprint density at radius 2 is 2.10 bits per heavy atom. The number of aliphatic hydroxyl groups is 2. The summed E-state index contributed by atoms with van der Waals surface area (Å²) >= 11 is 0. The Kier molecular flexibility index (Phi) is 2.75. The molecule has 0 amide bonds. The Balaban J connectivity index is 2.32. The average molecular weight is 142 g/mol. The van der Waals surface area contributed by atoms with Crippen LogP contribution in [0.5, 0.6) is 0 Å². The third-order valence-electron chi connectivity index (χ3n) is 2.05. The Labute approximate surface area is 61.2 Å². The van der Waals surface area contributed by atoms with E-state index in [1.165, 1.54) is 0 Å². The fourth-order valence-corrected chi connectivity index (χ4v) is 1.50. The molecule has 1 saturated carbocycles. The van der Waals surface area contributed by atoms with Gasteiger partial charge in [-0.1, -0.05) is 6.42 Å². The zero-order valence-corrected chi connectivity index (χ0v) is 6.03. The molecule has 0 aromatic rings. The summed E-state index contributed by atoms with van der Waals surface area (Å²) in [7, 11) is 0. The lowest BCUT2D eigenvalue weighted by Crippen LogP contribution is -2.17. The van der Waals surface area contributed by atoms with E-state index in [0.29, 0.717) is 5.92 Å². The van der Waals surface area contributed by atoms with E-state index in [9.17, 15) is 5.11 Å². The van der Waals surface area contributed by atoms with E-state index in [0.717, 1.165) is 31.9 Å². The molecule has 0 aliphatic heterocycles. The summed E-state index contributed by atoms with van der Waals surface area (Å²) in [5, 5.41) is 17.6. The molecule has 0 aromatic carbocycles. The minimum absolute atomic E-state index is 0.144. The molecule has 1 fully saturated rings. The van der Waals surface area contributed by atoms with Crippen LogP contribution < -0.4 is 0 Å². The van der Waals surface area contributed by atoms with Crippen molar-refractivity contribution >= 4 is 0 Å². The van der Waals surface area contributed by atoms with Crippen LogP contribution in [0.25, 0.3) is 0 Å². The van der Waals surface area contributed by atoms with E-state index < -0.39 is 0 Å². The minimum atomic E-state index is -0.144. The highest BCUT2D eigenvalue weighted by atomic mass is 16.3. The van der Waals surface area contributed by atoms with E-state index in [1.807, 2.05) is 0 Å². The summed E-state index contributed by atoms with van der Waals surface area (Å²) < 4.78 is 0. The number of allylic oxidation sites excluding steroid dienone is 1. The molecule has 0 radical (unpaired) electrons. The van der Waals surface area contributed by atoms with Crippen LogP contribution in [0, 0.1) is 5.92 Å². The zero-order chi connectivity index (χ0) is 7.40. The van der Waals surface area contributed by atoms with Crippen LogP contribution in [0.3, 0.4) is 0 Å². The molecule has 0 saturated heterocycles. The van der Waals surface area contributed by atoms with Gasteiger partial charge in [0.25, 0.3) is 0 Å². The van der Waals surface area contributed by atoms with Gasteiger partial charge >= 0.3 is 0 Å². The highest BCUT2D eigenvalue weighted by Gasteiger charge is 2.17. The monoisotopic (exact) mass is 142 g/mol. The van der Waals surface area contributed by atoms with Crippen LogP contribution in [-0.2, 0) is 0 Å². The van der Waals surface area contributed by atoms with Crippen LogP contribution in [0.2, 0.25) is 0 Å². The molecule has 0 spiro atoms. The average Bonchev–Trinajstić information content (AvgIpc) is 1.88. The van der Waals surface area contributed by atoms with Crippen LogP contribution in [0.15, 0.2) is 12.3 Å². The maximum atomic E-state index is 9.19. The summed E-state index contributed by atoms with van der Waals surface area (Å²) in [6, 6.07) is 0. The maximum Gasteiger partial charge on any atom is 0.0754 e. The van der Waals surface area contributed by atoms with Crippen molar-refractivity contribution in [3.63, 3.8) is 0 Å². The highest BCUT2D eigenvalue weighted by Crippen LogP contribution is 2.24.